The van der Waals surface area contributed by atoms with Gasteiger partial charge in [-0.05, 0) is 37.1 Å². The molecule has 0 radical (unpaired) electrons. The van der Waals surface area contributed by atoms with E-state index in [4.69, 9.17) is 4.74 Å². The molecular formula is C16H24N2O3. The maximum absolute atomic E-state index is 11.9. The summed E-state index contributed by atoms with van der Waals surface area (Å²) < 4.78 is 5.42. The number of nitrogens with one attached hydrogen (secondary N) is 2. The average molecular weight is 292 g/mol. The lowest BCUT2D eigenvalue weighted by molar-refractivity contribution is -0.114. The van der Waals surface area contributed by atoms with Crippen LogP contribution in [0.2, 0.25) is 0 Å². The Hall–Kier alpha value is -1.88. The Morgan fingerprint density at radius 3 is 2.38 bits per heavy atom. The van der Waals surface area contributed by atoms with E-state index in [1.165, 1.54) is 6.92 Å². The van der Waals surface area contributed by atoms with Crippen molar-refractivity contribution in [2.75, 3.05) is 25.1 Å². The van der Waals surface area contributed by atoms with Gasteiger partial charge in [-0.2, -0.15) is 0 Å². The Bertz CT molecular complexity index is 443. The van der Waals surface area contributed by atoms with E-state index in [9.17, 15) is 9.59 Å². The first-order valence-electron chi connectivity index (χ1n) is 7.37. The lowest BCUT2D eigenvalue weighted by Crippen LogP contribution is -2.25. The summed E-state index contributed by atoms with van der Waals surface area (Å²) >= 11 is 0. The summed E-state index contributed by atoms with van der Waals surface area (Å²) in [6.45, 7) is 5.62. The average Bonchev–Trinajstić information content (AvgIpc) is 2.46. The van der Waals surface area contributed by atoms with Crippen LogP contribution in [-0.4, -0.2) is 31.6 Å². The van der Waals surface area contributed by atoms with Gasteiger partial charge >= 0.3 is 0 Å². The summed E-state index contributed by atoms with van der Waals surface area (Å²) in [6, 6.07) is 6.81. The fourth-order valence-corrected chi connectivity index (χ4v) is 1.73. The number of unbranched alkanes of at least 4 members (excludes halogenated alkanes) is 1. The molecule has 0 heterocycles. The molecule has 2 amide bonds. The van der Waals surface area contributed by atoms with E-state index in [2.05, 4.69) is 17.6 Å². The monoisotopic (exact) mass is 292 g/mol. The summed E-state index contributed by atoms with van der Waals surface area (Å²) in [5.41, 5.74) is 1.26. The van der Waals surface area contributed by atoms with E-state index in [1.807, 2.05) is 0 Å². The number of benzene rings is 1. The van der Waals surface area contributed by atoms with Gasteiger partial charge in [0, 0.05) is 37.9 Å². The molecule has 0 spiro atoms. The quantitative estimate of drug-likeness (QED) is 0.687. The Labute approximate surface area is 126 Å². The number of carbonyl (C=O) groups is 2. The van der Waals surface area contributed by atoms with Crippen molar-refractivity contribution in [1.29, 1.82) is 0 Å². The first-order chi connectivity index (χ1) is 10.1. The van der Waals surface area contributed by atoms with Gasteiger partial charge in [-0.3, -0.25) is 9.59 Å². The Morgan fingerprint density at radius 2 is 1.76 bits per heavy atom. The van der Waals surface area contributed by atoms with E-state index >= 15 is 0 Å². The molecule has 21 heavy (non-hydrogen) atoms. The molecule has 0 atom stereocenters. The van der Waals surface area contributed by atoms with Crippen molar-refractivity contribution in [2.24, 2.45) is 0 Å². The Morgan fingerprint density at radius 1 is 1.10 bits per heavy atom. The van der Waals surface area contributed by atoms with E-state index in [0.29, 0.717) is 24.4 Å². The summed E-state index contributed by atoms with van der Waals surface area (Å²) in [5, 5.41) is 5.50. The van der Waals surface area contributed by atoms with Crippen molar-refractivity contribution in [2.45, 2.75) is 33.1 Å². The lowest BCUT2D eigenvalue weighted by atomic mass is 10.2. The second-order valence-corrected chi connectivity index (χ2v) is 4.83. The minimum atomic E-state index is -0.129. The zero-order valence-corrected chi connectivity index (χ0v) is 12.8. The predicted molar refractivity (Wildman–Crippen MR) is 83.4 cm³/mol. The standard InChI is InChI=1S/C16H24N2O3/c1-3-4-11-21-12-5-10-17-16(20)14-6-8-15(9-7-14)18-13(2)19/h6-9H,3-5,10-12H2,1-2H3,(H,17,20)(H,18,19). The molecule has 0 saturated heterocycles. The summed E-state index contributed by atoms with van der Waals surface area (Å²) in [6.07, 6.45) is 3.01. The molecule has 0 bridgehead atoms. The third-order valence-corrected chi connectivity index (χ3v) is 2.86. The normalized spacial score (nSPS) is 10.2. The van der Waals surface area contributed by atoms with Crippen LogP contribution in [0.15, 0.2) is 24.3 Å². The second kappa shape index (κ2) is 9.94. The highest BCUT2D eigenvalue weighted by Gasteiger charge is 2.04. The molecule has 0 saturated carbocycles. The first-order valence-corrected chi connectivity index (χ1v) is 7.37. The fourth-order valence-electron chi connectivity index (χ4n) is 1.73. The number of hydrogen-bond acceptors (Lipinski definition) is 3. The van der Waals surface area contributed by atoms with Gasteiger partial charge in [0.1, 0.15) is 0 Å². The van der Waals surface area contributed by atoms with Crippen molar-refractivity contribution in [3.8, 4) is 0 Å². The smallest absolute Gasteiger partial charge is 0.251 e. The van der Waals surface area contributed by atoms with Crippen LogP contribution in [0, 0.1) is 0 Å². The number of amides is 2. The Kier molecular flexibility index (Phi) is 8.12. The van der Waals surface area contributed by atoms with Gasteiger partial charge in [0.15, 0.2) is 0 Å². The molecule has 0 unspecified atom stereocenters. The van der Waals surface area contributed by atoms with Crippen molar-refractivity contribution in [3.63, 3.8) is 0 Å². The highest BCUT2D eigenvalue weighted by molar-refractivity contribution is 5.95. The van der Waals surface area contributed by atoms with Crippen LogP contribution in [0.5, 0.6) is 0 Å². The van der Waals surface area contributed by atoms with Crippen LogP contribution in [0.3, 0.4) is 0 Å². The SMILES string of the molecule is CCCCOCCCNC(=O)c1ccc(NC(C)=O)cc1. The van der Waals surface area contributed by atoms with E-state index in [1.54, 1.807) is 24.3 Å². The molecule has 5 nitrogen and oxygen atoms in total. The molecule has 5 heteroatoms. The molecule has 116 valence electrons. The van der Waals surface area contributed by atoms with Crippen molar-refractivity contribution in [3.05, 3.63) is 29.8 Å². The second-order valence-electron chi connectivity index (χ2n) is 4.83. The number of ether oxygens (including phenoxy) is 1. The van der Waals surface area contributed by atoms with Crippen LogP contribution < -0.4 is 10.6 Å². The minimum absolute atomic E-state index is 0.113. The molecule has 0 aliphatic heterocycles. The zero-order chi connectivity index (χ0) is 15.5. The molecule has 1 rings (SSSR count). The topological polar surface area (TPSA) is 67.4 Å². The number of rotatable bonds is 9. The highest BCUT2D eigenvalue weighted by Crippen LogP contribution is 2.09. The van der Waals surface area contributed by atoms with Gasteiger partial charge < -0.3 is 15.4 Å². The van der Waals surface area contributed by atoms with Crippen LogP contribution in [0.4, 0.5) is 5.69 Å². The molecule has 1 aromatic carbocycles. The molecule has 0 fully saturated rings. The zero-order valence-electron chi connectivity index (χ0n) is 12.8. The maximum Gasteiger partial charge on any atom is 0.251 e. The number of carbonyl (C=O) groups excluding carboxylic acids is 2. The summed E-state index contributed by atoms with van der Waals surface area (Å²) in [5.74, 6) is -0.242. The van der Waals surface area contributed by atoms with Crippen LogP contribution in [0.1, 0.15) is 43.5 Å². The van der Waals surface area contributed by atoms with Gasteiger partial charge in [0.05, 0.1) is 0 Å². The minimum Gasteiger partial charge on any atom is -0.381 e. The first kappa shape index (κ1) is 17.2. The van der Waals surface area contributed by atoms with Crippen molar-refractivity contribution >= 4 is 17.5 Å². The molecular weight excluding hydrogens is 268 g/mol. The third-order valence-electron chi connectivity index (χ3n) is 2.86. The van der Waals surface area contributed by atoms with Gasteiger partial charge in [0.2, 0.25) is 5.91 Å². The third kappa shape index (κ3) is 7.46. The van der Waals surface area contributed by atoms with Gasteiger partial charge in [-0.15, -0.1) is 0 Å². The Balaban J connectivity index is 2.24. The van der Waals surface area contributed by atoms with Gasteiger partial charge in [-0.25, -0.2) is 0 Å². The largest absolute Gasteiger partial charge is 0.381 e. The maximum atomic E-state index is 11.9. The van der Waals surface area contributed by atoms with Crippen LogP contribution in [0.25, 0.3) is 0 Å². The summed E-state index contributed by atoms with van der Waals surface area (Å²) in [7, 11) is 0. The summed E-state index contributed by atoms with van der Waals surface area (Å²) in [4.78, 5) is 22.8. The lowest BCUT2D eigenvalue weighted by Gasteiger charge is -2.07. The van der Waals surface area contributed by atoms with E-state index < -0.39 is 0 Å². The van der Waals surface area contributed by atoms with Crippen molar-refractivity contribution < 1.29 is 14.3 Å². The van der Waals surface area contributed by atoms with E-state index in [0.717, 1.165) is 25.9 Å². The number of hydrogen-bond donors (Lipinski definition) is 2. The fraction of sp³-hybridized carbons (Fsp3) is 0.500. The number of anilines is 1. The van der Waals surface area contributed by atoms with E-state index in [-0.39, 0.29) is 11.8 Å². The molecule has 0 aliphatic carbocycles. The van der Waals surface area contributed by atoms with Crippen molar-refractivity contribution in [1.82, 2.24) is 5.32 Å². The van der Waals surface area contributed by atoms with Gasteiger partial charge in [-0.1, -0.05) is 13.3 Å². The molecule has 0 aliphatic rings. The molecule has 0 aromatic heterocycles. The molecule has 1 aromatic rings. The predicted octanol–water partition coefficient (Wildman–Crippen LogP) is 2.58. The van der Waals surface area contributed by atoms with Crippen LogP contribution in [-0.2, 0) is 9.53 Å². The highest BCUT2D eigenvalue weighted by atomic mass is 16.5. The van der Waals surface area contributed by atoms with Crippen LogP contribution >= 0.6 is 0 Å². The van der Waals surface area contributed by atoms with Gasteiger partial charge in [0.25, 0.3) is 5.91 Å². The molecule has 2 N–H and O–H groups in total.